The second kappa shape index (κ2) is 9.68. The van der Waals surface area contributed by atoms with Crippen molar-refractivity contribution >= 4 is 34.6 Å². The van der Waals surface area contributed by atoms with Crippen molar-refractivity contribution in [3.05, 3.63) is 71.7 Å². The van der Waals surface area contributed by atoms with Crippen LogP contribution in [-0.4, -0.2) is 13.1 Å². The van der Waals surface area contributed by atoms with Crippen LogP contribution in [0.25, 0.3) is 0 Å². The molecule has 0 saturated heterocycles. The van der Waals surface area contributed by atoms with Crippen molar-refractivity contribution in [3.8, 4) is 0 Å². The van der Waals surface area contributed by atoms with Gasteiger partial charge in [0.25, 0.3) is 8.32 Å². The zero-order valence-electron chi connectivity index (χ0n) is 16.0. The summed E-state index contributed by atoms with van der Waals surface area (Å²) in [5.74, 6) is 0. The van der Waals surface area contributed by atoms with Crippen LogP contribution in [0.1, 0.15) is 52.4 Å². The summed E-state index contributed by atoms with van der Waals surface area (Å²) < 4.78 is 1.09. The molecule has 3 heteroatoms. The van der Waals surface area contributed by atoms with E-state index in [0.717, 1.165) is 34.1 Å². The molecule has 26 heavy (non-hydrogen) atoms. The topological polar surface area (TPSA) is 20.2 Å². The van der Waals surface area contributed by atoms with Gasteiger partial charge in [-0.05, 0) is 39.2 Å². The van der Waals surface area contributed by atoms with Crippen LogP contribution in [0.3, 0.4) is 0 Å². The highest BCUT2D eigenvalue weighted by Gasteiger charge is 2.49. The van der Waals surface area contributed by atoms with Gasteiger partial charge in [-0.1, -0.05) is 116 Å². The maximum absolute atomic E-state index is 12.1. The highest BCUT2D eigenvalue weighted by molar-refractivity contribution is 9.11. The number of hydrogen-bond donors (Lipinski definition) is 1. The largest absolute Gasteiger partial charge is 0.424 e. The van der Waals surface area contributed by atoms with Gasteiger partial charge in [-0.2, -0.15) is 0 Å². The third kappa shape index (κ3) is 5.18. The molecule has 0 amide bonds. The number of unbranched alkanes of at least 4 members (excludes halogenated alkanes) is 3. The van der Waals surface area contributed by atoms with Gasteiger partial charge < -0.3 is 4.80 Å². The molecule has 0 spiro atoms. The van der Waals surface area contributed by atoms with E-state index in [0.29, 0.717) is 0 Å². The molecular weight excluding hydrogens is 400 g/mol. The Kier molecular flexibility index (Phi) is 7.87. The first-order valence-corrected chi connectivity index (χ1v) is 12.3. The highest BCUT2D eigenvalue weighted by atomic mass is 79.9. The lowest BCUT2D eigenvalue weighted by Crippen LogP contribution is -2.65. The fourth-order valence-corrected chi connectivity index (χ4v) is 7.79. The molecule has 2 rings (SSSR count). The SMILES string of the molecule is C=C(Br)CCCCCCC(C)(C)[Si](O)(c1ccccc1)c1ccccc1. The van der Waals surface area contributed by atoms with Gasteiger partial charge >= 0.3 is 0 Å². The van der Waals surface area contributed by atoms with Crippen molar-refractivity contribution in [2.45, 2.75) is 57.4 Å². The maximum atomic E-state index is 12.1. The maximum Gasteiger partial charge on any atom is 0.258 e. The molecular formula is C23H31BrOSi. The van der Waals surface area contributed by atoms with Gasteiger partial charge in [0, 0.05) is 0 Å². The van der Waals surface area contributed by atoms with Gasteiger partial charge in [-0.3, -0.25) is 0 Å². The van der Waals surface area contributed by atoms with E-state index in [4.69, 9.17) is 0 Å². The molecule has 0 bridgehead atoms. The molecule has 0 radical (unpaired) electrons. The molecule has 1 nitrogen and oxygen atoms in total. The van der Waals surface area contributed by atoms with Gasteiger partial charge in [0.15, 0.2) is 0 Å². The first-order valence-electron chi connectivity index (χ1n) is 9.54. The molecule has 0 unspecified atom stereocenters. The lowest BCUT2D eigenvalue weighted by atomic mass is 10.0. The molecule has 0 aromatic heterocycles. The van der Waals surface area contributed by atoms with Gasteiger partial charge in [0.2, 0.25) is 0 Å². The third-order valence-electron chi connectivity index (χ3n) is 5.36. The monoisotopic (exact) mass is 430 g/mol. The molecule has 0 aliphatic carbocycles. The second-order valence-corrected chi connectivity index (χ2v) is 12.8. The van der Waals surface area contributed by atoms with Crippen LogP contribution in [0.2, 0.25) is 5.04 Å². The van der Waals surface area contributed by atoms with E-state index in [1.54, 1.807) is 0 Å². The van der Waals surface area contributed by atoms with Crippen LogP contribution in [0.15, 0.2) is 71.7 Å². The molecule has 1 N–H and O–H groups in total. The van der Waals surface area contributed by atoms with E-state index in [1.165, 1.54) is 19.3 Å². The van der Waals surface area contributed by atoms with E-state index >= 15 is 0 Å². The van der Waals surface area contributed by atoms with Crippen LogP contribution < -0.4 is 10.4 Å². The minimum atomic E-state index is -2.84. The molecule has 0 heterocycles. The highest BCUT2D eigenvalue weighted by Crippen LogP contribution is 2.40. The van der Waals surface area contributed by atoms with Crippen LogP contribution in [-0.2, 0) is 0 Å². The van der Waals surface area contributed by atoms with Crippen molar-refractivity contribution in [2.75, 3.05) is 0 Å². The van der Waals surface area contributed by atoms with Crippen LogP contribution in [0, 0.1) is 0 Å². The zero-order chi connectivity index (χ0) is 19.0. The summed E-state index contributed by atoms with van der Waals surface area (Å²) in [5, 5.41) is 2.08. The Labute approximate surface area is 168 Å². The molecule has 0 fully saturated rings. The molecule has 0 atom stereocenters. The Morgan fingerprint density at radius 2 is 1.35 bits per heavy atom. The fraction of sp³-hybridized carbons (Fsp3) is 0.391. The van der Waals surface area contributed by atoms with Crippen LogP contribution in [0.4, 0.5) is 0 Å². The first-order chi connectivity index (χ1) is 12.4. The number of halogens is 1. The smallest absolute Gasteiger partial charge is 0.258 e. The quantitative estimate of drug-likeness (QED) is 0.374. The second-order valence-electron chi connectivity index (χ2n) is 7.76. The van der Waals surface area contributed by atoms with Crippen molar-refractivity contribution in [2.24, 2.45) is 0 Å². The van der Waals surface area contributed by atoms with Crippen LogP contribution in [0.5, 0.6) is 0 Å². The van der Waals surface area contributed by atoms with Crippen LogP contribution >= 0.6 is 15.9 Å². The van der Waals surface area contributed by atoms with Gasteiger partial charge in [-0.25, -0.2) is 0 Å². The predicted octanol–water partition coefficient (Wildman–Crippen LogP) is 5.77. The first kappa shape index (κ1) is 21.1. The summed E-state index contributed by atoms with van der Waals surface area (Å²) in [6.45, 7) is 8.40. The van der Waals surface area contributed by atoms with E-state index in [9.17, 15) is 4.80 Å². The lowest BCUT2D eigenvalue weighted by molar-refractivity contribution is 0.447. The lowest BCUT2D eigenvalue weighted by Gasteiger charge is -2.41. The van der Waals surface area contributed by atoms with Crippen molar-refractivity contribution in [1.82, 2.24) is 0 Å². The van der Waals surface area contributed by atoms with Gasteiger partial charge in [-0.15, -0.1) is 0 Å². The Morgan fingerprint density at radius 3 is 1.81 bits per heavy atom. The Balaban J connectivity index is 2.15. The molecule has 2 aromatic rings. The summed E-state index contributed by atoms with van der Waals surface area (Å²) in [5.41, 5.74) is 0. The Bertz CT molecular complexity index is 642. The van der Waals surface area contributed by atoms with E-state index in [-0.39, 0.29) is 5.04 Å². The normalized spacial score (nSPS) is 12.2. The number of allylic oxidation sites excluding steroid dienone is 1. The van der Waals surface area contributed by atoms with Crippen molar-refractivity contribution < 1.29 is 4.80 Å². The Hall–Kier alpha value is -1.16. The summed E-state index contributed by atoms with van der Waals surface area (Å²) in [6, 6.07) is 20.6. The number of hydrogen-bond acceptors (Lipinski definition) is 1. The molecule has 2 aromatic carbocycles. The van der Waals surface area contributed by atoms with Gasteiger partial charge in [0.1, 0.15) is 0 Å². The minimum absolute atomic E-state index is 0.130. The summed E-state index contributed by atoms with van der Waals surface area (Å²) in [6.07, 6.45) is 6.85. The third-order valence-corrected chi connectivity index (χ3v) is 10.3. The summed E-state index contributed by atoms with van der Waals surface area (Å²) in [7, 11) is -2.84. The summed E-state index contributed by atoms with van der Waals surface area (Å²) >= 11 is 3.43. The molecule has 0 aliphatic heterocycles. The van der Waals surface area contributed by atoms with Crippen molar-refractivity contribution in [3.63, 3.8) is 0 Å². The standard InChI is InChI=1S/C23H31BrOSi/c1-20(24)14-8-4-5-13-19-23(2,3)26(25,21-15-9-6-10-16-21)22-17-11-7-12-18-22/h6-7,9-12,15-18,25H,1,4-5,8,13-14,19H2,2-3H3. The average molecular weight is 431 g/mol. The Morgan fingerprint density at radius 1 is 0.885 bits per heavy atom. The molecule has 140 valence electrons. The average Bonchev–Trinajstić information content (AvgIpc) is 2.65. The van der Waals surface area contributed by atoms with Gasteiger partial charge in [0.05, 0.1) is 0 Å². The van der Waals surface area contributed by atoms with E-state index < -0.39 is 8.32 Å². The van der Waals surface area contributed by atoms with E-state index in [2.05, 4.69) is 60.6 Å². The predicted molar refractivity (Wildman–Crippen MR) is 120 cm³/mol. The number of benzene rings is 2. The molecule has 0 saturated carbocycles. The summed E-state index contributed by atoms with van der Waals surface area (Å²) in [4.78, 5) is 12.1. The fourth-order valence-electron chi connectivity index (χ4n) is 3.73. The molecule has 0 aliphatic rings. The minimum Gasteiger partial charge on any atom is -0.424 e. The van der Waals surface area contributed by atoms with E-state index in [1.807, 2.05) is 36.4 Å². The van der Waals surface area contributed by atoms with Crippen molar-refractivity contribution in [1.29, 1.82) is 0 Å². The zero-order valence-corrected chi connectivity index (χ0v) is 18.6. The number of rotatable bonds is 10.